The SMILES string of the molecule is CCCCCCCCCC(=O)N[C@@H](Cc1c[nH]c2ccccc12)C(=O)N[C@@H](CC(N)=O)C(=O)N[C@@H](CCO)C(=O)N[C@@H]1C(=O)NCC(=O)N[C@@H](CCCNCc2ccc(OCc3ccccc3)cc2)C(=O)N[C@@H](CC(=O)O)C(=O)N[C@H](C)C(=O)N[C@@H](CC(=O)O)C(=O)NCC(=O)N[C@H](CO)C(=O)N[C@@H]([C@H](C)CC(=O)O)C(=O)N[C@@H](CC(=O)c2ccccc2N)C(=O)O[C@@H]1C. The summed E-state index contributed by atoms with van der Waals surface area (Å²) in [7, 11) is 0. The van der Waals surface area contributed by atoms with Crippen LogP contribution in [0.1, 0.15) is 157 Å². The highest BCUT2D eigenvalue weighted by atomic mass is 16.5. The smallest absolute Gasteiger partial charge is 0.329 e. The van der Waals surface area contributed by atoms with Gasteiger partial charge in [-0.15, -0.1) is 0 Å². The highest BCUT2D eigenvalue weighted by Gasteiger charge is 2.41. The number of nitrogen functional groups attached to an aromatic ring is 1. The monoisotopic (exact) mass is 1800 g/mol. The molecule has 0 spiro atoms. The van der Waals surface area contributed by atoms with Crippen LogP contribution in [0.2, 0.25) is 0 Å². The first-order valence-corrected chi connectivity index (χ1v) is 42.1. The molecule has 0 bridgehead atoms. The van der Waals surface area contributed by atoms with Crippen molar-refractivity contribution in [3.05, 3.63) is 132 Å². The number of cyclic esters (lactones) is 1. The van der Waals surface area contributed by atoms with Crippen LogP contribution in [-0.2, 0) is 111 Å². The molecule has 1 aliphatic rings. The number of para-hydroxylation sites is 2. The molecule has 6 rings (SSSR count). The lowest BCUT2D eigenvalue weighted by Gasteiger charge is -2.30. The molecule has 14 amide bonds. The Balaban J connectivity index is 1.40. The van der Waals surface area contributed by atoms with Crippen LogP contribution in [0.4, 0.5) is 5.69 Å². The number of Topliss-reactive ketones (excluding diaryl/α,β-unsaturated/α-hetero) is 1. The fraction of sp³-hybridized carbons (Fsp3) is 0.477. The summed E-state index contributed by atoms with van der Waals surface area (Å²) in [6.07, 6.45) is -1.12. The van der Waals surface area contributed by atoms with Gasteiger partial charge in [-0.25, -0.2) is 4.79 Å². The molecular weight excluding hydrogens is 1690 g/mol. The Bertz CT molecular complexity index is 4740. The predicted octanol–water partition coefficient (Wildman–Crippen LogP) is -2.30. The average molecular weight is 1800 g/mol. The summed E-state index contributed by atoms with van der Waals surface area (Å²) in [6, 6.07) is 6.75. The van der Waals surface area contributed by atoms with E-state index < -0.39 is 256 Å². The Morgan fingerprint density at radius 2 is 1.13 bits per heavy atom. The molecule has 0 radical (unpaired) electrons. The van der Waals surface area contributed by atoms with Crippen LogP contribution in [0, 0.1) is 5.92 Å². The standard InChI is InChI=1S/C86H115N17O26/c1-5-6-7-8-9-10-14-27-68(108)95-60(36-52-42-90-57-25-18-16-22-54(52)57)81(122)99-61(38-67(88)107)82(123)97-59(32-34-104)79(120)103-75-49(4)129-86(127)64(37-66(106)55-23-15-17-24-56(55)87)101-85(126)74(47(2)35-71(111)112)102-83(124)65(45-105)96-70(110)43-91-77(118)62(39-72(113)114)98-76(117)48(3)93-80(121)63(40-73(115)116)100-78(119)58(94-69(109)44-92-84(75)125)26-19-33-89-41-50-28-30-53(31-29-50)128-46-51-20-12-11-13-21-51/h11-13,15-18,20-25,28-31,42,47-49,58-65,74-75,89-90,104-105H,5-10,14,19,26-27,32-41,43-46,87H2,1-4H3,(H2,88,107)(H,91,118)(H,92,125)(H,93,121)(H,94,109)(H,95,108)(H,96,110)(H,97,123)(H,98,117)(H,99,122)(H,100,119)(H,101,126)(H,102,124)(H,103,120)(H,111,112)(H,113,114)(H,115,116)/t47-,48-,49-,58+,59+,60+,61+,62+,63+,64+,65-,74+,75+/m1/s1. The second-order valence-electron chi connectivity index (χ2n) is 31.0. The third-order valence-corrected chi connectivity index (χ3v) is 20.6. The van der Waals surface area contributed by atoms with Gasteiger partial charge >= 0.3 is 23.9 Å². The van der Waals surface area contributed by atoms with Crippen molar-refractivity contribution in [2.75, 3.05) is 38.6 Å². The molecule has 2 heterocycles. The Kier molecular flexibility index (Phi) is 43.0. The van der Waals surface area contributed by atoms with E-state index in [1.54, 1.807) is 54.7 Å². The van der Waals surface area contributed by atoms with Gasteiger partial charge in [0.2, 0.25) is 82.7 Å². The number of carboxylic acids is 3. The molecule has 1 saturated heterocycles. The minimum atomic E-state index is -2.35. The minimum Gasteiger partial charge on any atom is -0.489 e. The number of esters is 1. The number of aliphatic carboxylic acids is 3. The Morgan fingerprint density at radius 1 is 0.550 bits per heavy atom. The maximum atomic E-state index is 15.0. The average Bonchev–Trinajstić information content (AvgIpc) is 1.71. The number of H-pyrrole nitrogens is 1. The number of benzene rings is 4. The lowest BCUT2D eigenvalue weighted by molar-refractivity contribution is -0.156. The summed E-state index contributed by atoms with van der Waals surface area (Å²) >= 11 is 0. The number of aliphatic hydroxyl groups is 2. The summed E-state index contributed by atoms with van der Waals surface area (Å²) in [6.45, 7) is 1.15. The molecule has 700 valence electrons. The zero-order chi connectivity index (χ0) is 94.8. The van der Waals surface area contributed by atoms with E-state index >= 15 is 9.59 Å². The molecule has 4 aromatic carbocycles. The first kappa shape index (κ1) is 104. The molecule has 1 fully saturated rings. The molecule has 43 heteroatoms. The van der Waals surface area contributed by atoms with Crippen LogP contribution < -0.4 is 90.6 Å². The maximum Gasteiger partial charge on any atom is 0.329 e. The van der Waals surface area contributed by atoms with Crippen LogP contribution >= 0.6 is 0 Å². The molecule has 13 atom stereocenters. The fourth-order valence-electron chi connectivity index (χ4n) is 13.5. The number of ketones is 1. The number of hydrogen-bond donors (Lipinski definition) is 22. The molecule has 1 aromatic heterocycles. The number of aromatic nitrogens is 1. The number of aromatic amines is 1. The van der Waals surface area contributed by atoms with Gasteiger partial charge in [-0.1, -0.05) is 125 Å². The van der Waals surface area contributed by atoms with E-state index in [0.29, 0.717) is 35.1 Å². The number of nitrogens with two attached hydrogens (primary N) is 2. The number of carbonyl (C=O) groups excluding carboxylic acids is 16. The third-order valence-electron chi connectivity index (χ3n) is 20.6. The van der Waals surface area contributed by atoms with E-state index in [0.717, 1.165) is 64.0 Å². The van der Waals surface area contributed by atoms with Gasteiger partial charge in [0.05, 0.1) is 45.4 Å². The second-order valence-corrected chi connectivity index (χ2v) is 31.0. The van der Waals surface area contributed by atoms with Gasteiger partial charge in [0.15, 0.2) is 5.78 Å². The zero-order valence-electron chi connectivity index (χ0n) is 71.8. The van der Waals surface area contributed by atoms with E-state index in [1.807, 2.05) is 41.0 Å². The number of hydrogen-bond acceptors (Lipinski definition) is 25. The van der Waals surface area contributed by atoms with E-state index in [9.17, 15) is 107 Å². The fourth-order valence-corrected chi connectivity index (χ4v) is 13.5. The second kappa shape index (κ2) is 53.5. The molecule has 129 heavy (non-hydrogen) atoms. The number of carbonyl (C=O) groups is 19. The van der Waals surface area contributed by atoms with Gasteiger partial charge in [-0.05, 0) is 99.0 Å². The van der Waals surface area contributed by atoms with Crippen LogP contribution in [0.15, 0.2) is 109 Å². The van der Waals surface area contributed by atoms with Crippen molar-refractivity contribution < 1.29 is 126 Å². The van der Waals surface area contributed by atoms with Crippen LogP contribution in [0.3, 0.4) is 0 Å². The van der Waals surface area contributed by atoms with E-state index in [4.69, 9.17) is 20.9 Å². The lowest BCUT2D eigenvalue weighted by atomic mass is 9.96. The summed E-state index contributed by atoms with van der Waals surface area (Å²) < 4.78 is 11.7. The van der Waals surface area contributed by atoms with Gasteiger partial charge in [0.25, 0.3) is 0 Å². The van der Waals surface area contributed by atoms with Crippen molar-refractivity contribution in [1.29, 1.82) is 0 Å². The number of ether oxygens (including phenoxy) is 2. The number of rotatable bonds is 41. The Labute approximate surface area is 741 Å². The van der Waals surface area contributed by atoms with Gasteiger partial charge in [0, 0.05) is 60.8 Å². The maximum absolute atomic E-state index is 15.0. The molecule has 0 unspecified atom stereocenters. The summed E-state index contributed by atoms with van der Waals surface area (Å²) in [4.78, 5) is 268. The lowest BCUT2D eigenvalue weighted by Crippen LogP contribution is -2.61. The first-order chi connectivity index (χ1) is 61.5. The van der Waals surface area contributed by atoms with Gasteiger partial charge in [-0.3, -0.25) is 86.3 Å². The molecule has 0 saturated carbocycles. The third kappa shape index (κ3) is 35.8. The largest absolute Gasteiger partial charge is 0.489 e. The molecule has 1 aliphatic heterocycles. The van der Waals surface area contributed by atoms with Crippen LogP contribution in [-0.4, -0.2) is 248 Å². The van der Waals surface area contributed by atoms with Gasteiger partial charge in [0.1, 0.15) is 84.9 Å². The van der Waals surface area contributed by atoms with E-state index in [2.05, 4.69) is 75.7 Å². The minimum absolute atomic E-state index is 0.000512. The molecule has 43 nitrogen and oxygen atoms in total. The molecule has 24 N–H and O–H groups in total. The normalized spacial score (nSPS) is 20.1. The quantitative estimate of drug-likeness (QED) is 0.00846. The number of nitrogens with one attached hydrogen (secondary N) is 15. The van der Waals surface area contributed by atoms with Crippen LogP contribution in [0.5, 0.6) is 5.75 Å². The summed E-state index contributed by atoms with van der Waals surface area (Å²) in [5.41, 5.74) is 14.3. The molecule has 0 aliphatic carbocycles. The first-order valence-electron chi connectivity index (χ1n) is 42.1. The van der Waals surface area contributed by atoms with Gasteiger partial charge < -0.3 is 126 Å². The van der Waals surface area contributed by atoms with Gasteiger partial charge in [-0.2, -0.15) is 0 Å². The van der Waals surface area contributed by atoms with Crippen molar-refractivity contribution in [2.24, 2.45) is 11.7 Å². The Hall–Kier alpha value is -14.0. The van der Waals surface area contributed by atoms with E-state index in [1.165, 1.54) is 24.3 Å². The highest BCUT2D eigenvalue weighted by molar-refractivity contribution is 6.05. The van der Waals surface area contributed by atoms with E-state index in [-0.39, 0.29) is 56.6 Å². The number of amides is 14. The van der Waals surface area contributed by atoms with Crippen molar-refractivity contribution in [1.82, 2.24) is 79.4 Å². The number of aliphatic hydroxyl groups excluding tert-OH is 2. The number of carboxylic acid groups (broad SMARTS) is 3. The van der Waals surface area contributed by atoms with Crippen molar-refractivity contribution in [3.63, 3.8) is 0 Å². The Morgan fingerprint density at radius 3 is 1.78 bits per heavy atom. The summed E-state index contributed by atoms with van der Waals surface area (Å²) in [5.74, 6) is -26.4. The highest BCUT2D eigenvalue weighted by Crippen LogP contribution is 2.23. The molecule has 5 aromatic rings. The zero-order valence-corrected chi connectivity index (χ0v) is 71.8. The summed E-state index contributed by atoms with van der Waals surface area (Å²) in [5, 5.41) is 83.9. The number of unbranched alkanes of at least 4 members (excludes halogenated alkanes) is 6. The predicted molar refractivity (Wildman–Crippen MR) is 460 cm³/mol. The van der Waals surface area contributed by atoms with Crippen LogP contribution in [0.25, 0.3) is 10.9 Å². The molecular formula is C86H115N17O26. The number of fused-ring (bicyclic) bond motifs is 1. The number of anilines is 1. The van der Waals surface area contributed by atoms with Crippen molar-refractivity contribution >= 4 is 129 Å². The number of primary amides is 1. The van der Waals surface area contributed by atoms with Crippen molar-refractivity contribution in [2.45, 2.75) is 223 Å². The topological polar surface area (TPSA) is 680 Å². The van der Waals surface area contributed by atoms with Crippen molar-refractivity contribution in [3.8, 4) is 5.75 Å².